The Hall–Kier alpha value is -1.64. The first kappa shape index (κ1) is 8.46. The van der Waals surface area contributed by atoms with Gasteiger partial charge in [0.25, 0.3) is 0 Å². The van der Waals surface area contributed by atoms with E-state index >= 15 is 0 Å². The summed E-state index contributed by atoms with van der Waals surface area (Å²) in [6, 6.07) is 0. The van der Waals surface area contributed by atoms with Gasteiger partial charge in [-0.3, -0.25) is 4.79 Å². The van der Waals surface area contributed by atoms with E-state index in [1.54, 1.807) is 19.1 Å². The van der Waals surface area contributed by atoms with Crippen molar-refractivity contribution in [2.24, 2.45) is 0 Å². The third kappa shape index (κ3) is 1.50. The molecule has 1 aliphatic rings. The molecule has 62 valence electrons. The fourth-order valence-electron chi connectivity index (χ4n) is 0.894. The normalized spacial score (nSPS) is 19.6. The molecule has 0 aliphatic heterocycles. The highest BCUT2D eigenvalue weighted by atomic mass is 16.4. The summed E-state index contributed by atoms with van der Waals surface area (Å²) in [5, 5.41) is 8.57. The van der Waals surface area contributed by atoms with E-state index in [1.165, 1.54) is 12.2 Å². The fourth-order valence-corrected chi connectivity index (χ4v) is 0.894. The van der Waals surface area contributed by atoms with Crippen LogP contribution in [0.15, 0.2) is 35.5 Å². The first-order chi connectivity index (χ1) is 5.65. The van der Waals surface area contributed by atoms with Crippen molar-refractivity contribution in [3.05, 3.63) is 35.5 Å². The molecular formula is C9H8O3. The Morgan fingerprint density at radius 1 is 1.50 bits per heavy atom. The van der Waals surface area contributed by atoms with Gasteiger partial charge in [0.15, 0.2) is 5.78 Å². The van der Waals surface area contributed by atoms with E-state index in [0.29, 0.717) is 0 Å². The van der Waals surface area contributed by atoms with Gasteiger partial charge in [0.2, 0.25) is 0 Å². The summed E-state index contributed by atoms with van der Waals surface area (Å²) in [7, 11) is 0. The molecule has 0 atom stereocenters. The van der Waals surface area contributed by atoms with E-state index in [9.17, 15) is 9.59 Å². The molecular weight excluding hydrogens is 156 g/mol. The zero-order valence-electron chi connectivity index (χ0n) is 6.57. The molecule has 3 heteroatoms. The third-order valence-corrected chi connectivity index (χ3v) is 1.57. The summed E-state index contributed by atoms with van der Waals surface area (Å²) < 4.78 is 0. The highest BCUT2D eigenvalue weighted by Gasteiger charge is 2.17. The lowest BCUT2D eigenvalue weighted by atomic mass is 10.0. The number of ketones is 1. The molecule has 1 aliphatic carbocycles. The Kier molecular flexibility index (Phi) is 2.24. The van der Waals surface area contributed by atoms with Crippen LogP contribution in [0.3, 0.4) is 0 Å². The summed E-state index contributed by atoms with van der Waals surface area (Å²) >= 11 is 0. The Morgan fingerprint density at radius 3 is 2.67 bits per heavy atom. The maximum absolute atomic E-state index is 10.9. The summed E-state index contributed by atoms with van der Waals surface area (Å²) in [4.78, 5) is 21.4. The smallest absolute Gasteiger partial charge is 0.339 e. The van der Waals surface area contributed by atoms with Gasteiger partial charge in [0.1, 0.15) is 5.57 Å². The minimum absolute atomic E-state index is 0.175. The van der Waals surface area contributed by atoms with Gasteiger partial charge in [-0.2, -0.15) is 0 Å². The molecule has 0 amide bonds. The van der Waals surface area contributed by atoms with Gasteiger partial charge in [0.05, 0.1) is 0 Å². The Balaban J connectivity index is 3.06. The van der Waals surface area contributed by atoms with Crippen LogP contribution in [0.5, 0.6) is 0 Å². The average Bonchev–Trinajstić information content (AvgIpc) is 2.05. The SMILES string of the molecule is C/C=C1\C=CC(=O)C(C(=O)O)=C1. The van der Waals surface area contributed by atoms with Gasteiger partial charge >= 0.3 is 5.97 Å². The topological polar surface area (TPSA) is 54.4 Å². The predicted molar refractivity (Wildman–Crippen MR) is 43.6 cm³/mol. The molecule has 1 N–H and O–H groups in total. The predicted octanol–water partition coefficient (Wildman–Crippen LogP) is 1.08. The second-order valence-corrected chi connectivity index (χ2v) is 2.35. The van der Waals surface area contributed by atoms with Gasteiger partial charge in [0, 0.05) is 0 Å². The Morgan fingerprint density at radius 2 is 2.17 bits per heavy atom. The molecule has 0 saturated heterocycles. The van der Waals surface area contributed by atoms with E-state index in [1.807, 2.05) is 0 Å². The van der Waals surface area contributed by atoms with Gasteiger partial charge in [-0.25, -0.2) is 4.79 Å². The van der Waals surface area contributed by atoms with Crippen molar-refractivity contribution in [1.29, 1.82) is 0 Å². The zero-order chi connectivity index (χ0) is 9.14. The van der Waals surface area contributed by atoms with Crippen LogP contribution < -0.4 is 0 Å². The number of hydrogen-bond acceptors (Lipinski definition) is 2. The molecule has 0 spiro atoms. The maximum Gasteiger partial charge on any atom is 0.339 e. The van der Waals surface area contributed by atoms with E-state index in [0.717, 1.165) is 5.57 Å². The van der Waals surface area contributed by atoms with Crippen molar-refractivity contribution >= 4 is 11.8 Å². The van der Waals surface area contributed by atoms with Crippen molar-refractivity contribution in [3.8, 4) is 0 Å². The lowest BCUT2D eigenvalue weighted by Gasteiger charge is -2.03. The zero-order valence-corrected chi connectivity index (χ0v) is 6.57. The minimum atomic E-state index is -1.18. The van der Waals surface area contributed by atoms with E-state index in [2.05, 4.69) is 0 Å². The Bertz CT molecular complexity index is 319. The van der Waals surface area contributed by atoms with E-state index < -0.39 is 11.8 Å². The van der Waals surface area contributed by atoms with Crippen LogP contribution in [0.25, 0.3) is 0 Å². The molecule has 0 heterocycles. The Labute approximate surface area is 69.7 Å². The summed E-state index contributed by atoms with van der Waals surface area (Å²) in [5.74, 6) is -1.63. The highest BCUT2D eigenvalue weighted by Crippen LogP contribution is 2.12. The van der Waals surface area contributed by atoms with Crippen LogP contribution in [0.2, 0.25) is 0 Å². The van der Waals surface area contributed by atoms with Gasteiger partial charge in [-0.15, -0.1) is 0 Å². The van der Waals surface area contributed by atoms with Gasteiger partial charge in [-0.1, -0.05) is 12.2 Å². The molecule has 3 nitrogen and oxygen atoms in total. The largest absolute Gasteiger partial charge is 0.478 e. The molecule has 1 rings (SSSR count). The van der Waals surface area contributed by atoms with Crippen molar-refractivity contribution in [3.63, 3.8) is 0 Å². The van der Waals surface area contributed by atoms with E-state index in [4.69, 9.17) is 5.11 Å². The number of carboxylic acid groups (broad SMARTS) is 1. The first-order valence-electron chi connectivity index (χ1n) is 3.49. The average molecular weight is 164 g/mol. The number of allylic oxidation sites excluding steroid dienone is 5. The van der Waals surface area contributed by atoms with Gasteiger partial charge in [-0.05, 0) is 24.6 Å². The number of carboxylic acids is 1. The van der Waals surface area contributed by atoms with Crippen LogP contribution in [0, 0.1) is 0 Å². The maximum atomic E-state index is 10.9. The second kappa shape index (κ2) is 3.17. The van der Waals surface area contributed by atoms with Crippen LogP contribution >= 0.6 is 0 Å². The van der Waals surface area contributed by atoms with Crippen molar-refractivity contribution in [2.75, 3.05) is 0 Å². The lowest BCUT2D eigenvalue weighted by Crippen LogP contribution is -2.12. The number of carbonyl (C=O) groups is 2. The quantitative estimate of drug-likeness (QED) is 0.590. The van der Waals surface area contributed by atoms with Crippen LogP contribution in [0.4, 0.5) is 0 Å². The number of carbonyl (C=O) groups excluding carboxylic acids is 1. The minimum Gasteiger partial charge on any atom is -0.478 e. The molecule has 0 aromatic carbocycles. The van der Waals surface area contributed by atoms with Crippen molar-refractivity contribution in [1.82, 2.24) is 0 Å². The van der Waals surface area contributed by atoms with Crippen LogP contribution in [-0.4, -0.2) is 16.9 Å². The van der Waals surface area contributed by atoms with Crippen LogP contribution in [0.1, 0.15) is 6.92 Å². The summed E-state index contributed by atoms with van der Waals surface area (Å²) in [5.41, 5.74) is 0.567. The summed E-state index contributed by atoms with van der Waals surface area (Å²) in [6.07, 6.45) is 5.96. The molecule has 0 unspecified atom stereocenters. The first-order valence-corrected chi connectivity index (χ1v) is 3.49. The highest BCUT2D eigenvalue weighted by molar-refractivity contribution is 6.22. The molecule has 0 aromatic rings. The van der Waals surface area contributed by atoms with E-state index in [-0.39, 0.29) is 5.57 Å². The molecule has 0 aromatic heterocycles. The molecule has 12 heavy (non-hydrogen) atoms. The summed E-state index contributed by atoms with van der Waals surface area (Å²) in [6.45, 7) is 1.78. The van der Waals surface area contributed by atoms with Gasteiger partial charge < -0.3 is 5.11 Å². The molecule has 0 saturated carbocycles. The molecule has 0 bridgehead atoms. The van der Waals surface area contributed by atoms with Crippen LogP contribution in [-0.2, 0) is 9.59 Å². The van der Waals surface area contributed by atoms with Crippen molar-refractivity contribution < 1.29 is 14.7 Å². The molecule has 0 fully saturated rings. The lowest BCUT2D eigenvalue weighted by molar-refractivity contribution is -0.134. The second-order valence-electron chi connectivity index (χ2n) is 2.35. The standard InChI is InChI=1S/C9H8O3/c1-2-6-3-4-8(10)7(5-6)9(11)12/h2-5H,1H3,(H,11,12)/b6-2+. The number of hydrogen-bond donors (Lipinski definition) is 1. The number of aliphatic carboxylic acids is 1. The monoisotopic (exact) mass is 164 g/mol. The molecule has 0 radical (unpaired) electrons. The third-order valence-electron chi connectivity index (χ3n) is 1.57. The fraction of sp³-hybridized carbons (Fsp3) is 0.111. The number of rotatable bonds is 1. The van der Waals surface area contributed by atoms with Crippen molar-refractivity contribution in [2.45, 2.75) is 6.92 Å².